The summed E-state index contributed by atoms with van der Waals surface area (Å²) in [6.07, 6.45) is -0.731. The third-order valence-corrected chi connectivity index (χ3v) is 4.96. The Morgan fingerprint density at radius 3 is 2.55 bits per heavy atom. The van der Waals surface area contributed by atoms with Gasteiger partial charge in [0.2, 0.25) is 0 Å². The van der Waals surface area contributed by atoms with Crippen molar-refractivity contribution in [3.05, 3.63) is 82.3 Å². The van der Waals surface area contributed by atoms with Gasteiger partial charge in [-0.3, -0.25) is 0 Å². The first-order valence-corrected chi connectivity index (χ1v) is 9.97. The maximum atomic E-state index is 11.4. The molecular weight excluding hydrogens is 434 g/mol. The molecule has 150 valence electrons. The molecule has 0 aromatic heterocycles. The standard InChI is InChI=1S/C23H22BrNO4/c1-15-7-9-17(24)12-20(15)21-11-16(23(27)28)8-10-22(21)25-13-18(26)14-29-19-5-3-2-4-6-19/h2-12,18,25-26H,13-14H2,1H3,(H,27,28). The molecule has 0 heterocycles. The van der Waals surface area contributed by atoms with E-state index in [2.05, 4.69) is 21.2 Å². The molecule has 0 aliphatic heterocycles. The number of nitrogens with one attached hydrogen (secondary N) is 1. The minimum absolute atomic E-state index is 0.148. The van der Waals surface area contributed by atoms with Gasteiger partial charge in [0.25, 0.3) is 0 Å². The lowest BCUT2D eigenvalue weighted by atomic mass is 9.97. The van der Waals surface area contributed by atoms with E-state index in [-0.39, 0.29) is 18.7 Å². The van der Waals surface area contributed by atoms with Gasteiger partial charge >= 0.3 is 5.97 Å². The highest BCUT2D eigenvalue weighted by Gasteiger charge is 2.14. The van der Waals surface area contributed by atoms with Gasteiger partial charge in [0.15, 0.2) is 0 Å². The molecule has 5 nitrogen and oxygen atoms in total. The lowest BCUT2D eigenvalue weighted by Gasteiger charge is -2.18. The van der Waals surface area contributed by atoms with E-state index >= 15 is 0 Å². The molecule has 6 heteroatoms. The summed E-state index contributed by atoms with van der Waals surface area (Å²) in [5.74, 6) is -0.287. The van der Waals surface area contributed by atoms with Crippen molar-refractivity contribution in [1.82, 2.24) is 0 Å². The second-order valence-corrected chi connectivity index (χ2v) is 7.60. The van der Waals surface area contributed by atoms with Gasteiger partial charge in [0.05, 0.1) is 5.56 Å². The summed E-state index contributed by atoms with van der Waals surface area (Å²) in [4.78, 5) is 11.4. The van der Waals surface area contributed by atoms with Crippen LogP contribution in [0.1, 0.15) is 15.9 Å². The summed E-state index contributed by atoms with van der Waals surface area (Å²) in [7, 11) is 0. The number of halogens is 1. The molecule has 0 bridgehead atoms. The number of aromatic carboxylic acids is 1. The summed E-state index contributed by atoms with van der Waals surface area (Å²) in [6.45, 7) is 2.39. The Labute approximate surface area is 178 Å². The van der Waals surface area contributed by atoms with Crippen LogP contribution in [0.5, 0.6) is 5.75 Å². The van der Waals surface area contributed by atoms with Crippen molar-refractivity contribution in [1.29, 1.82) is 0 Å². The van der Waals surface area contributed by atoms with Gasteiger partial charge in [-0.1, -0.05) is 40.2 Å². The lowest BCUT2D eigenvalue weighted by Crippen LogP contribution is -2.26. The molecule has 0 fully saturated rings. The number of aliphatic hydroxyl groups excluding tert-OH is 1. The molecule has 3 N–H and O–H groups in total. The molecule has 0 spiro atoms. The van der Waals surface area contributed by atoms with Crippen LogP contribution in [-0.4, -0.2) is 35.4 Å². The van der Waals surface area contributed by atoms with E-state index in [0.29, 0.717) is 5.75 Å². The number of anilines is 1. The fourth-order valence-corrected chi connectivity index (χ4v) is 3.30. The highest BCUT2D eigenvalue weighted by molar-refractivity contribution is 9.10. The zero-order valence-corrected chi connectivity index (χ0v) is 17.5. The third-order valence-electron chi connectivity index (χ3n) is 4.47. The number of carboxylic acid groups (broad SMARTS) is 1. The molecule has 0 saturated carbocycles. The van der Waals surface area contributed by atoms with Crippen molar-refractivity contribution in [2.45, 2.75) is 13.0 Å². The van der Waals surface area contributed by atoms with E-state index in [0.717, 1.165) is 26.9 Å². The molecule has 3 aromatic carbocycles. The minimum Gasteiger partial charge on any atom is -0.491 e. The van der Waals surface area contributed by atoms with Crippen molar-refractivity contribution in [2.24, 2.45) is 0 Å². The van der Waals surface area contributed by atoms with E-state index in [4.69, 9.17) is 4.74 Å². The molecule has 1 unspecified atom stereocenters. The average Bonchev–Trinajstić information content (AvgIpc) is 2.73. The Kier molecular flexibility index (Phi) is 6.90. The van der Waals surface area contributed by atoms with Crippen molar-refractivity contribution in [3.8, 4) is 16.9 Å². The first-order chi connectivity index (χ1) is 13.9. The lowest BCUT2D eigenvalue weighted by molar-refractivity contribution is 0.0697. The van der Waals surface area contributed by atoms with E-state index < -0.39 is 12.1 Å². The summed E-state index contributed by atoms with van der Waals surface area (Å²) in [5.41, 5.74) is 3.65. The highest BCUT2D eigenvalue weighted by atomic mass is 79.9. The number of benzene rings is 3. The maximum Gasteiger partial charge on any atom is 0.335 e. The minimum atomic E-state index is -0.984. The van der Waals surface area contributed by atoms with Gasteiger partial charge in [0.1, 0.15) is 18.5 Å². The van der Waals surface area contributed by atoms with Crippen LogP contribution in [0.4, 0.5) is 5.69 Å². The number of hydrogen-bond acceptors (Lipinski definition) is 4. The van der Waals surface area contributed by atoms with Crippen molar-refractivity contribution in [2.75, 3.05) is 18.5 Å². The Morgan fingerprint density at radius 2 is 1.83 bits per heavy atom. The number of aryl methyl sites for hydroxylation is 1. The second kappa shape index (κ2) is 9.58. The van der Waals surface area contributed by atoms with Crippen LogP contribution in [0.15, 0.2) is 71.2 Å². The zero-order chi connectivity index (χ0) is 20.8. The van der Waals surface area contributed by atoms with Crippen LogP contribution in [0, 0.1) is 6.92 Å². The van der Waals surface area contributed by atoms with Crippen molar-refractivity contribution < 1.29 is 19.7 Å². The van der Waals surface area contributed by atoms with Gasteiger partial charge in [-0.15, -0.1) is 0 Å². The SMILES string of the molecule is Cc1ccc(Br)cc1-c1cc(C(=O)O)ccc1NCC(O)COc1ccccc1. The normalized spacial score (nSPS) is 11.7. The Morgan fingerprint density at radius 1 is 1.07 bits per heavy atom. The van der Waals surface area contributed by atoms with Crippen molar-refractivity contribution in [3.63, 3.8) is 0 Å². The van der Waals surface area contributed by atoms with Gasteiger partial charge in [0, 0.05) is 22.3 Å². The van der Waals surface area contributed by atoms with E-state index in [1.807, 2.05) is 55.5 Å². The maximum absolute atomic E-state index is 11.4. The monoisotopic (exact) mass is 455 g/mol. The number of ether oxygens (including phenoxy) is 1. The third kappa shape index (κ3) is 5.59. The number of carbonyl (C=O) groups is 1. The van der Waals surface area contributed by atoms with Crippen LogP contribution in [0.25, 0.3) is 11.1 Å². The molecule has 3 rings (SSSR count). The van der Waals surface area contributed by atoms with Crippen LogP contribution in [0.3, 0.4) is 0 Å². The average molecular weight is 456 g/mol. The molecule has 1 atom stereocenters. The quantitative estimate of drug-likeness (QED) is 0.446. The summed E-state index contributed by atoms with van der Waals surface area (Å²) in [5, 5.41) is 22.9. The molecule has 0 saturated heterocycles. The fraction of sp³-hybridized carbons (Fsp3) is 0.174. The topological polar surface area (TPSA) is 78.8 Å². The van der Waals surface area contributed by atoms with E-state index in [1.165, 1.54) is 0 Å². The number of rotatable bonds is 8. The largest absolute Gasteiger partial charge is 0.491 e. The number of para-hydroxylation sites is 1. The fourth-order valence-electron chi connectivity index (χ4n) is 2.93. The summed E-state index contributed by atoms with van der Waals surface area (Å²) in [6, 6.07) is 20.1. The van der Waals surface area contributed by atoms with E-state index in [1.54, 1.807) is 18.2 Å². The number of hydrogen-bond donors (Lipinski definition) is 3. The molecular formula is C23H22BrNO4. The van der Waals surface area contributed by atoms with Gasteiger partial charge < -0.3 is 20.3 Å². The van der Waals surface area contributed by atoms with Crippen LogP contribution in [-0.2, 0) is 0 Å². The summed E-state index contributed by atoms with van der Waals surface area (Å²) < 4.78 is 6.49. The first-order valence-electron chi connectivity index (χ1n) is 9.17. The van der Waals surface area contributed by atoms with Gasteiger partial charge in [-0.2, -0.15) is 0 Å². The van der Waals surface area contributed by atoms with Crippen molar-refractivity contribution >= 4 is 27.6 Å². The van der Waals surface area contributed by atoms with Crippen LogP contribution < -0.4 is 10.1 Å². The van der Waals surface area contributed by atoms with Gasteiger partial charge in [-0.25, -0.2) is 4.79 Å². The highest BCUT2D eigenvalue weighted by Crippen LogP contribution is 2.33. The number of carboxylic acids is 1. The summed E-state index contributed by atoms with van der Waals surface area (Å²) >= 11 is 3.48. The molecule has 0 aliphatic rings. The molecule has 29 heavy (non-hydrogen) atoms. The Bertz CT molecular complexity index is 991. The predicted molar refractivity (Wildman–Crippen MR) is 118 cm³/mol. The predicted octanol–water partition coefficient (Wildman–Crippen LogP) is 4.97. The van der Waals surface area contributed by atoms with Gasteiger partial charge in [-0.05, 0) is 60.5 Å². The smallest absolute Gasteiger partial charge is 0.335 e. The number of aliphatic hydroxyl groups is 1. The molecule has 0 aliphatic carbocycles. The second-order valence-electron chi connectivity index (χ2n) is 6.68. The molecule has 0 amide bonds. The molecule has 0 radical (unpaired) electrons. The Hall–Kier alpha value is -2.83. The zero-order valence-electron chi connectivity index (χ0n) is 15.9. The molecule has 3 aromatic rings. The Balaban J connectivity index is 1.77. The van der Waals surface area contributed by atoms with Crippen LogP contribution in [0.2, 0.25) is 0 Å². The van der Waals surface area contributed by atoms with E-state index in [9.17, 15) is 15.0 Å². The van der Waals surface area contributed by atoms with Crippen LogP contribution >= 0.6 is 15.9 Å². The first kappa shape index (κ1) is 20.9.